The molecule has 0 amide bonds. The first kappa shape index (κ1) is 20.2. The molecule has 0 saturated heterocycles. The van der Waals surface area contributed by atoms with E-state index in [1.54, 1.807) is 18.5 Å². The van der Waals surface area contributed by atoms with Gasteiger partial charge >= 0.3 is 5.97 Å². The van der Waals surface area contributed by atoms with E-state index in [4.69, 9.17) is 11.2 Å². The second-order valence-electron chi connectivity index (χ2n) is 5.59. The molecule has 0 aliphatic carbocycles. The van der Waals surface area contributed by atoms with Crippen LogP contribution >= 0.6 is 27.3 Å². The molecule has 1 aliphatic rings. The Morgan fingerprint density at radius 3 is 2.79 bits per heavy atom. The van der Waals surface area contributed by atoms with Gasteiger partial charge < -0.3 is 10.1 Å². The molecule has 0 fully saturated rings. The number of alkyl halides is 1. The number of hydrogen-bond donors (Lipinski definition) is 1. The molecule has 0 spiro atoms. The molecule has 2 aromatic rings. The van der Waals surface area contributed by atoms with E-state index in [1.165, 1.54) is 11.3 Å². The summed E-state index contributed by atoms with van der Waals surface area (Å²) in [6, 6.07) is 0.907. The number of esters is 1. The summed E-state index contributed by atoms with van der Waals surface area (Å²) in [5, 5.41) is 5.70. The maximum atomic E-state index is 14.0. The molecule has 2 heterocycles. The molecule has 1 atom stereocenters. The maximum Gasteiger partial charge on any atom is 0.338 e. The summed E-state index contributed by atoms with van der Waals surface area (Å²) in [5.41, 5.74) is 0.945. The van der Waals surface area contributed by atoms with E-state index < -0.39 is 23.6 Å². The van der Waals surface area contributed by atoms with Gasteiger partial charge in [0.2, 0.25) is 0 Å². The van der Waals surface area contributed by atoms with E-state index in [9.17, 15) is 13.6 Å². The highest BCUT2D eigenvalue weighted by molar-refractivity contribution is 9.09. The number of benzene rings is 1. The second-order valence-corrected chi connectivity index (χ2v) is 7.04. The molecule has 1 N–H and O–H groups in total. The molecule has 144 valence electrons. The Labute approximate surface area is 172 Å². The van der Waals surface area contributed by atoms with Crippen LogP contribution in [0.3, 0.4) is 0 Å². The third-order valence-electron chi connectivity index (χ3n) is 3.93. The van der Waals surface area contributed by atoms with Crippen LogP contribution in [0.15, 0.2) is 40.0 Å². The minimum atomic E-state index is -1.08. The first-order valence-electron chi connectivity index (χ1n) is 8.16. The van der Waals surface area contributed by atoms with Crippen LogP contribution in [-0.4, -0.2) is 28.7 Å². The summed E-state index contributed by atoms with van der Waals surface area (Å²) in [4.78, 5) is 21.4. The van der Waals surface area contributed by atoms with E-state index in [2.05, 4.69) is 37.1 Å². The number of halogens is 3. The number of rotatable bonds is 5. The average molecular weight is 466 g/mol. The van der Waals surface area contributed by atoms with Gasteiger partial charge in [-0.25, -0.2) is 18.6 Å². The minimum absolute atomic E-state index is 0.101. The molecule has 1 aromatic heterocycles. The third-order valence-corrected chi connectivity index (χ3v) is 5.27. The number of hydrogen-bond acceptors (Lipinski definition) is 6. The van der Waals surface area contributed by atoms with Crippen LogP contribution < -0.4 is 5.32 Å². The van der Waals surface area contributed by atoms with Gasteiger partial charge in [0.05, 0.1) is 12.2 Å². The van der Waals surface area contributed by atoms with E-state index in [0.29, 0.717) is 16.5 Å². The van der Waals surface area contributed by atoms with Crippen LogP contribution in [0.1, 0.15) is 29.1 Å². The molecule has 0 saturated carbocycles. The Morgan fingerprint density at radius 2 is 2.18 bits per heavy atom. The van der Waals surface area contributed by atoms with Gasteiger partial charge in [0, 0.05) is 33.7 Å². The summed E-state index contributed by atoms with van der Waals surface area (Å²) < 4.78 is 32.9. The van der Waals surface area contributed by atoms with Crippen molar-refractivity contribution < 1.29 is 18.3 Å². The highest BCUT2D eigenvalue weighted by Gasteiger charge is 2.34. The number of thiazole rings is 1. The predicted octanol–water partition coefficient (Wildman–Crippen LogP) is 3.71. The lowest BCUT2D eigenvalue weighted by Gasteiger charge is -2.27. The zero-order chi connectivity index (χ0) is 20.3. The van der Waals surface area contributed by atoms with Crippen molar-refractivity contribution in [2.75, 3.05) is 11.9 Å². The van der Waals surface area contributed by atoms with Crippen LogP contribution in [0.5, 0.6) is 0 Å². The van der Waals surface area contributed by atoms with Crippen LogP contribution in [0, 0.1) is 24.0 Å². The topological polar surface area (TPSA) is 63.6 Å². The number of nitrogens with zero attached hydrogens (tertiary/aromatic N) is 2. The first-order chi connectivity index (χ1) is 13.5. The van der Waals surface area contributed by atoms with Crippen molar-refractivity contribution in [1.82, 2.24) is 10.3 Å². The molecule has 9 heteroatoms. The van der Waals surface area contributed by atoms with Crippen molar-refractivity contribution in [3.8, 4) is 12.3 Å². The van der Waals surface area contributed by atoms with Gasteiger partial charge in [0.15, 0.2) is 22.5 Å². The fraction of sp³-hybridized carbons (Fsp3) is 0.211. The number of ether oxygens (including phenoxy) is 1. The van der Waals surface area contributed by atoms with Crippen molar-refractivity contribution in [1.29, 1.82) is 0 Å². The fourth-order valence-corrected chi connectivity index (χ4v) is 3.77. The van der Waals surface area contributed by atoms with Gasteiger partial charge in [0.1, 0.15) is 6.04 Å². The third kappa shape index (κ3) is 3.84. The van der Waals surface area contributed by atoms with Gasteiger partial charge in [-0.3, -0.25) is 4.99 Å². The number of nitrogens with one attached hydrogen (secondary N) is 1. The lowest BCUT2D eigenvalue weighted by Crippen LogP contribution is -2.34. The zero-order valence-corrected chi connectivity index (χ0v) is 17.0. The van der Waals surface area contributed by atoms with Crippen LogP contribution in [0.25, 0.3) is 0 Å². The summed E-state index contributed by atoms with van der Waals surface area (Å²) in [5.74, 6) is -0.0372. The van der Waals surface area contributed by atoms with Gasteiger partial charge in [0.25, 0.3) is 0 Å². The minimum Gasteiger partial charge on any atom is -0.463 e. The number of allylic oxidation sites excluding steroid dienone is 1. The van der Waals surface area contributed by atoms with Gasteiger partial charge in [-0.1, -0.05) is 21.9 Å². The number of amidine groups is 1. The maximum absolute atomic E-state index is 14.0. The van der Waals surface area contributed by atoms with Crippen molar-refractivity contribution in [2.45, 2.75) is 13.0 Å². The van der Waals surface area contributed by atoms with Crippen molar-refractivity contribution >= 4 is 39.1 Å². The smallest absolute Gasteiger partial charge is 0.338 e. The monoisotopic (exact) mass is 465 g/mol. The molecule has 0 unspecified atom stereocenters. The van der Waals surface area contributed by atoms with E-state index >= 15 is 0 Å². The Hall–Kier alpha value is -2.57. The quantitative estimate of drug-likeness (QED) is 0.415. The molecule has 1 aromatic carbocycles. The normalized spacial score (nSPS) is 16.2. The second kappa shape index (κ2) is 8.63. The fourth-order valence-electron chi connectivity index (χ4n) is 2.74. The van der Waals surface area contributed by atoms with Crippen LogP contribution in [0.2, 0.25) is 0 Å². The van der Waals surface area contributed by atoms with E-state index in [0.717, 1.165) is 12.1 Å². The lowest BCUT2D eigenvalue weighted by atomic mass is 9.92. The molecule has 1 aliphatic heterocycles. The molecular weight excluding hydrogens is 452 g/mol. The molecule has 5 nitrogen and oxygen atoms in total. The van der Waals surface area contributed by atoms with Gasteiger partial charge in [-0.05, 0) is 19.1 Å². The number of carbonyl (C=O) groups is 1. The average Bonchev–Trinajstić information content (AvgIpc) is 3.23. The van der Waals surface area contributed by atoms with Crippen LogP contribution in [0.4, 0.5) is 8.78 Å². The summed E-state index contributed by atoms with van der Waals surface area (Å²) in [7, 11) is 0. The molecule has 0 radical (unpaired) electrons. The molecule has 3 rings (SSSR count). The predicted molar refractivity (Wildman–Crippen MR) is 106 cm³/mol. The number of aromatic nitrogens is 1. The van der Waals surface area contributed by atoms with Crippen molar-refractivity contribution in [3.63, 3.8) is 0 Å². The van der Waals surface area contributed by atoms with E-state index in [-0.39, 0.29) is 28.6 Å². The van der Waals surface area contributed by atoms with Gasteiger partial charge in [-0.15, -0.1) is 17.8 Å². The highest BCUT2D eigenvalue weighted by atomic mass is 79.9. The standard InChI is InChI=1S/C19H14BrF2N3O2S/c1-3-10-7-12(21)13(22)8-11(10)16-15(19(26)27-4-2)14(9-20)24-17(25-16)18-23-5-6-28-18/h1,5-8,16H,4,9H2,2H3,(H,24,25)/t16-/m0/s1. The summed E-state index contributed by atoms with van der Waals surface area (Å²) in [6.07, 6.45) is 7.11. The number of carbonyl (C=O) groups excluding carboxylic acids is 1. The largest absolute Gasteiger partial charge is 0.463 e. The lowest BCUT2D eigenvalue weighted by molar-refractivity contribution is -0.138. The molecule has 0 bridgehead atoms. The summed E-state index contributed by atoms with van der Waals surface area (Å²) >= 11 is 4.69. The zero-order valence-electron chi connectivity index (χ0n) is 14.6. The van der Waals surface area contributed by atoms with Crippen molar-refractivity contribution in [2.24, 2.45) is 4.99 Å². The van der Waals surface area contributed by atoms with Crippen LogP contribution in [-0.2, 0) is 9.53 Å². The first-order valence-corrected chi connectivity index (χ1v) is 10.2. The SMILES string of the molecule is C#Cc1cc(F)c(F)cc1[C@@H]1N=C(c2nccs2)NC(CBr)=C1C(=O)OCC. The Balaban J connectivity index is 2.23. The van der Waals surface area contributed by atoms with E-state index in [1.807, 2.05) is 0 Å². The molecule has 28 heavy (non-hydrogen) atoms. The van der Waals surface area contributed by atoms with Gasteiger partial charge in [-0.2, -0.15) is 0 Å². The number of aliphatic imine (C=N–C) groups is 1. The Morgan fingerprint density at radius 1 is 1.43 bits per heavy atom. The number of terminal acetylenes is 1. The van der Waals surface area contributed by atoms with Crippen molar-refractivity contribution in [3.05, 3.63) is 62.7 Å². The molecular formula is C19H14BrF2N3O2S. The highest BCUT2D eigenvalue weighted by Crippen LogP contribution is 2.35. The Bertz CT molecular complexity index is 1010. The summed E-state index contributed by atoms with van der Waals surface area (Å²) in [6.45, 7) is 1.82. The Kier molecular flexibility index (Phi) is 6.21.